The van der Waals surface area contributed by atoms with Crippen LogP contribution in [-0.2, 0) is 4.74 Å². The normalized spacial score (nSPS) is 9.38. The minimum absolute atomic E-state index is 0.299. The van der Waals surface area contributed by atoms with Gasteiger partial charge in [0.15, 0.2) is 0 Å². The van der Waals surface area contributed by atoms with Gasteiger partial charge in [-0.05, 0) is 43.3 Å². The van der Waals surface area contributed by atoms with Gasteiger partial charge in [0.05, 0.1) is 12.2 Å². The predicted molar refractivity (Wildman–Crippen MR) is 81.2 cm³/mol. The van der Waals surface area contributed by atoms with E-state index in [2.05, 4.69) is 11.8 Å². The van der Waals surface area contributed by atoms with E-state index in [0.29, 0.717) is 24.5 Å². The van der Waals surface area contributed by atoms with Crippen LogP contribution in [0.1, 0.15) is 22.8 Å². The summed E-state index contributed by atoms with van der Waals surface area (Å²) in [7, 11) is 0. The highest BCUT2D eigenvalue weighted by Crippen LogP contribution is 2.12. The van der Waals surface area contributed by atoms with Crippen molar-refractivity contribution in [1.82, 2.24) is 0 Å². The van der Waals surface area contributed by atoms with Crippen molar-refractivity contribution in [3.05, 3.63) is 65.7 Å². The van der Waals surface area contributed by atoms with E-state index in [1.165, 1.54) is 0 Å². The molecular weight excluding hydrogens is 264 g/mol. The summed E-state index contributed by atoms with van der Waals surface area (Å²) in [6.07, 6.45) is 0. The monoisotopic (exact) mass is 280 g/mol. The number of esters is 1. The first-order valence-electron chi connectivity index (χ1n) is 6.73. The molecule has 2 rings (SSSR count). The van der Waals surface area contributed by atoms with E-state index < -0.39 is 0 Å². The van der Waals surface area contributed by atoms with E-state index in [1.54, 1.807) is 31.2 Å². The molecule has 0 radical (unpaired) electrons. The molecule has 0 unspecified atom stereocenters. The second kappa shape index (κ2) is 7.76. The molecule has 0 aliphatic rings. The number of rotatable bonds is 4. The lowest BCUT2D eigenvalue weighted by molar-refractivity contribution is 0.0526. The van der Waals surface area contributed by atoms with Crippen molar-refractivity contribution in [3.63, 3.8) is 0 Å². The summed E-state index contributed by atoms with van der Waals surface area (Å²) in [5.41, 5.74) is 1.47. The number of carbonyl (C=O) groups excluding carboxylic acids is 1. The van der Waals surface area contributed by atoms with Gasteiger partial charge in [-0.25, -0.2) is 4.79 Å². The topological polar surface area (TPSA) is 35.5 Å². The van der Waals surface area contributed by atoms with E-state index in [4.69, 9.17) is 9.47 Å². The fourth-order valence-corrected chi connectivity index (χ4v) is 1.68. The molecule has 0 N–H and O–H groups in total. The zero-order valence-electron chi connectivity index (χ0n) is 11.8. The van der Waals surface area contributed by atoms with Crippen molar-refractivity contribution < 1.29 is 14.3 Å². The Morgan fingerprint density at radius 1 is 1.05 bits per heavy atom. The van der Waals surface area contributed by atoms with Crippen molar-refractivity contribution in [3.8, 4) is 17.6 Å². The van der Waals surface area contributed by atoms with Gasteiger partial charge < -0.3 is 9.47 Å². The Morgan fingerprint density at radius 3 is 2.43 bits per heavy atom. The molecule has 2 aromatic carbocycles. The molecule has 106 valence electrons. The second-order valence-electron chi connectivity index (χ2n) is 4.20. The second-order valence-corrected chi connectivity index (χ2v) is 4.20. The van der Waals surface area contributed by atoms with Gasteiger partial charge in [-0.3, -0.25) is 0 Å². The molecule has 0 amide bonds. The van der Waals surface area contributed by atoms with Crippen molar-refractivity contribution in [2.45, 2.75) is 6.92 Å². The first-order chi connectivity index (χ1) is 10.3. The van der Waals surface area contributed by atoms with Gasteiger partial charge in [-0.15, -0.1) is 0 Å². The molecule has 0 fully saturated rings. The molecular formula is C18H16O3. The molecule has 3 heteroatoms. The third kappa shape index (κ3) is 4.70. The Balaban J connectivity index is 1.87. The van der Waals surface area contributed by atoms with Crippen molar-refractivity contribution in [2.24, 2.45) is 0 Å². The van der Waals surface area contributed by atoms with E-state index in [9.17, 15) is 4.79 Å². The minimum atomic E-state index is -0.326. The van der Waals surface area contributed by atoms with Gasteiger partial charge >= 0.3 is 5.97 Å². The summed E-state index contributed by atoms with van der Waals surface area (Å²) in [5, 5.41) is 0. The lowest BCUT2D eigenvalue weighted by Crippen LogP contribution is -2.04. The molecule has 0 aromatic heterocycles. The Bertz CT molecular complexity index is 634. The standard InChI is InChI=1S/C18H16O3/c1-2-20-18(19)16-10-12-17(13-11-16)21-14-6-9-15-7-4-3-5-8-15/h3-5,7-8,10-13H,2,14H2,1H3. The van der Waals surface area contributed by atoms with Gasteiger partial charge in [-0.1, -0.05) is 30.0 Å². The zero-order valence-corrected chi connectivity index (χ0v) is 11.8. The van der Waals surface area contributed by atoms with E-state index in [-0.39, 0.29) is 5.97 Å². The van der Waals surface area contributed by atoms with E-state index in [0.717, 1.165) is 5.56 Å². The van der Waals surface area contributed by atoms with Gasteiger partial charge in [0.25, 0.3) is 0 Å². The quantitative estimate of drug-likeness (QED) is 0.637. The average Bonchev–Trinajstić information content (AvgIpc) is 2.53. The molecule has 0 atom stereocenters. The number of carbonyl (C=O) groups is 1. The van der Waals surface area contributed by atoms with Crippen LogP contribution in [-0.4, -0.2) is 19.2 Å². The number of hydrogen-bond acceptors (Lipinski definition) is 3. The number of benzene rings is 2. The molecule has 0 saturated heterocycles. The summed E-state index contributed by atoms with van der Waals surface area (Å²) in [6, 6.07) is 16.6. The maximum Gasteiger partial charge on any atom is 0.338 e. The highest BCUT2D eigenvalue weighted by atomic mass is 16.5. The van der Waals surface area contributed by atoms with Crippen LogP contribution < -0.4 is 4.74 Å². The lowest BCUT2D eigenvalue weighted by Gasteiger charge is -2.04. The smallest absolute Gasteiger partial charge is 0.338 e. The third-order valence-electron chi connectivity index (χ3n) is 2.68. The van der Waals surface area contributed by atoms with Crippen LogP contribution >= 0.6 is 0 Å². The third-order valence-corrected chi connectivity index (χ3v) is 2.68. The Labute approximate surface area is 124 Å². The van der Waals surface area contributed by atoms with E-state index in [1.807, 2.05) is 30.3 Å². The fourth-order valence-electron chi connectivity index (χ4n) is 1.68. The summed E-state index contributed by atoms with van der Waals surface area (Å²) in [4.78, 5) is 11.5. The Morgan fingerprint density at radius 2 is 1.76 bits per heavy atom. The molecule has 0 aliphatic heterocycles. The predicted octanol–water partition coefficient (Wildman–Crippen LogP) is 3.29. The fraction of sp³-hybridized carbons (Fsp3) is 0.167. The molecule has 0 aliphatic carbocycles. The maximum atomic E-state index is 11.5. The molecule has 2 aromatic rings. The van der Waals surface area contributed by atoms with Crippen LogP contribution in [0, 0.1) is 11.8 Å². The van der Waals surface area contributed by atoms with Crippen LogP contribution in [0.3, 0.4) is 0 Å². The van der Waals surface area contributed by atoms with E-state index >= 15 is 0 Å². The lowest BCUT2D eigenvalue weighted by atomic mass is 10.2. The Kier molecular flexibility index (Phi) is 5.42. The van der Waals surface area contributed by atoms with Crippen LogP contribution in [0.4, 0.5) is 0 Å². The number of ether oxygens (including phenoxy) is 2. The first kappa shape index (κ1) is 14.7. The summed E-state index contributed by atoms with van der Waals surface area (Å²) in [5.74, 6) is 6.30. The van der Waals surface area contributed by atoms with Crippen LogP contribution in [0.25, 0.3) is 0 Å². The van der Waals surface area contributed by atoms with Gasteiger partial charge in [0.2, 0.25) is 0 Å². The van der Waals surface area contributed by atoms with Crippen LogP contribution in [0.2, 0.25) is 0 Å². The highest BCUT2D eigenvalue weighted by molar-refractivity contribution is 5.89. The van der Waals surface area contributed by atoms with Gasteiger partial charge in [0, 0.05) is 5.56 Å². The molecule has 3 nitrogen and oxygen atoms in total. The van der Waals surface area contributed by atoms with Crippen LogP contribution in [0.5, 0.6) is 5.75 Å². The SMILES string of the molecule is CCOC(=O)c1ccc(OCC#Cc2ccccc2)cc1. The summed E-state index contributed by atoms with van der Waals surface area (Å²) >= 11 is 0. The zero-order chi connectivity index (χ0) is 14.9. The molecule has 21 heavy (non-hydrogen) atoms. The average molecular weight is 280 g/mol. The van der Waals surface area contributed by atoms with Crippen molar-refractivity contribution >= 4 is 5.97 Å². The van der Waals surface area contributed by atoms with Gasteiger partial charge in [0.1, 0.15) is 12.4 Å². The van der Waals surface area contributed by atoms with Gasteiger partial charge in [-0.2, -0.15) is 0 Å². The summed E-state index contributed by atoms with van der Waals surface area (Å²) in [6.45, 7) is 2.45. The van der Waals surface area contributed by atoms with Crippen molar-refractivity contribution in [2.75, 3.05) is 13.2 Å². The number of hydrogen-bond donors (Lipinski definition) is 0. The molecule has 0 heterocycles. The first-order valence-corrected chi connectivity index (χ1v) is 6.73. The largest absolute Gasteiger partial charge is 0.481 e. The Hall–Kier alpha value is -2.73. The molecule has 0 spiro atoms. The van der Waals surface area contributed by atoms with Crippen LogP contribution in [0.15, 0.2) is 54.6 Å². The minimum Gasteiger partial charge on any atom is -0.481 e. The van der Waals surface area contributed by atoms with Crippen molar-refractivity contribution in [1.29, 1.82) is 0 Å². The summed E-state index contributed by atoms with van der Waals surface area (Å²) < 4.78 is 10.4. The maximum absolute atomic E-state index is 11.5. The highest BCUT2D eigenvalue weighted by Gasteiger charge is 2.05. The molecule has 0 saturated carbocycles. The molecule has 0 bridgehead atoms.